The molecule has 0 unspecified atom stereocenters. The summed E-state index contributed by atoms with van der Waals surface area (Å²) in [6.07, 6.45) is 1.35. The molecule has 0 spiro atoms. The molecule has 0 atom stereocenters. The Hall–Kier alpha value is -3.01. The van der Waals surface area contributed by atoms with Crippen LogP contribution in [0.15, 0.2) is 48.0 Å². The molecule has 138 valence electrons. The number of nitriles is 1. The highest BCUT2D eigenvalue weighted by atomic mass is 35.5. The van der Waals surface area contributed by atoms with Gasteiger partial charge >= 0.3 is 5.97 Å². The number of ether oxygens (including phenoxy) is 2. The van der Waals surface area contributed by atoms with Crippen molar-refractivity contribution in [1.29, 1.82) is 5.26 Å². The number of benzene rings is 2. The second-order valence-electron chi connectivity index (χ2n) is 5.17. The van der Waals surface area contributed by atoms with Crippen molar-refractivity contribution in [3.8, 4) is 11.8 Å². The fourth-order valence-electron chi connectivity index (χ4n) is 2.00. The molecule has 0 aliphatic rings. The van der Waals surface area contributed by atoms with Crippen LogP contribution in [-0.4, -0.2) is 25.6 Å². The normalized spacial score (nSPS) is 10.7. The number of hydrogen-bond donors (Lipinski definition) is 1. The molecule has 2 aromatic carbocycles. The Labute approximate surface area is 165 Å². The van der Waals surface area contributed by atoms with E-state index in [1.165, 1.54) is 13.2 Å². The van der Waals surface area contributed by atoms with Crippen LogP contribution in [-0.2, 0) is 14.3 Å². The van der Waals surface area contributed by atoms with Gasteiger partial charge in [-0.05, 0) is 35.9 Å². The molecule has 0 aromatic heterocycles. The largest absolute Gasteiger partial charge is 0.497 e. The van der Waals surface area contributed by atoms with E-state index < -0.39 is 18.5 Å². The van der Waals surface area contributed by atoms with E-state index in [-0.39, 0.29) is 15.6 Å². The van der Waals surface area contributed by atoms with Crippen LogP contribution in [0.2, 0.25) is 10.0 Å². The van der Waals surface area contributed by atoms with Crippen LogP contribution in [0, 0.1) is 11.3 Å². The molecule has 27 heavy (non-hydrogen) atoms. The van der Waals surface area contributed by atoms with Crippen molar-refractivity contribution in [1.82, 2.24) is 0 Å². The number of anilines is 1. The van der Waals surface area contributed by atoms with Crippen molar-refractivity contribution >= 4 is 46.8 Å². The Bertz CT molecular complexity index is 918. The standard InChI is InChI=1S/C19H14Cl2N2O4/c1-26-14-7-5-12(6-8-14)9-13(10-22)19(25)27-11-17(24)23-16-4-2-3-15(20)18(16)21/h2-9H,11H2,1H3,(H,23,24)/b13-9+. The molecular weight excluding hydrogens is 391 g/mol. The van der Waals surface area contributed by atoms with E-state index in [1.807, 2.05) is 0 Å². The molecular formula is C19H14Cl2N2O4. The van der Waals surface area contributed by atoms with E-state index in [9.17, 15) is 9.59 Å². The van der Waals surface area contributed by atoms with Gasteiger partial charge in [0.05, 0.1) is 22.8 Å². The van der Waals surface area contributed by atoms with Crippen LogP contribution >= 0.6 is 23.2 Å². The first-order valence-electron chi connectivity index (χ1n) is 7.61. The minimum absolute atomic E-state index is 0.177. The maximum Gasteiger partial charge on any atom is 0.349 e. The van der Waals surface area contributed by atoms with Crippen molar-refractivity contribution < 1.29 is 19.1 Å². The summed E-state index contributed by atoms with van der Waals surface area (Å²) >= 11 is 11.8. The molecule has 0 bridgehead atoms. The van der Waals surface area contributed by atoms with Gasteiger partial charge < -0.3 is 14.8 Å². The van der Waals surface area contributed by atoms with Gasteiger partial charge in [0, 0.05) is 0 Å². The van der Waals surface area contributed by atoms with Gasteiger partial charge in [-0.1, -0.05) is 41.4 Å². The van der Waals surface area contributed by atoms with E-state index in [0.717, 1.165) is 0 Å². The minimum atomic E-state index is -0.916. The lowest BCUT2D eigenvalue weighted by Crippen LogP contribution is -2.21. The lowest BCUT2D eigenvalue weighted by Gasteiger charge is -2.08. The Morgan fingerprint density at radius 1 is 1.19 bits per heavy atom. The number of hydrogen-bond acceptors (Lipinski definition) is 5. The summed E-state index contributed by atoms with van der Waals surface area (Å²) in [7, 11) is 1.53. The molecule has 1 N–H and O–H groups in total. The van der Waals surface area contributed by atoms with E-state index in [1.54, 1.807) is 48.5 Å². The second kappa shape index (κ2) is 9.62. The van der Waals surface area contributed by atoms with Crippen molar-refractivity contribution in [3.05, 3.63) is 63.6 Å². The Morgan fingerprint density at radius 2 is 1.89 bits per heavy atom. The van der Waals surface area contributed by atoms with Crippen LogP contribution in [0.3, 0.4) is 0 Å². The third-order valence-electron chi connectivity index (χ3n) is 3.33. The summed E-state index contributed by atoms with van der Waals surface area (Å²) in [5, 5.41) is 12.1. The van der Waals surface area contributed by atoms with Crippen molar-refractivity contribution in [2.45, 2.75) is 0 Å². The van der Waals surface area contributed by atoms with E-state index in [0.29, 0.717) is 17.0 Å². The molecule has 0 radical (unpaired) electrons. The zero-order valence-electron chi connectivity index (χ0n) is 14.2. The van der Waals surface area contributed by atoms with E-state index >= 15 is 0 Å². The van der Waals surface area contributed by atoms with Crippen molar-refractivity contribution in [3.63, 3.8) is 0 Å². The zero-order valence-corrected chi connectivity index (χ0v) is 15.7. The lowest BCUT2D eigenvalue weighted by atomic mass is 10.1. The van der Waals surface area contributed by atoms with Gasteiger partial charge in [-0.3, -0.25) is 4.79 Å². The van der Waals surface area contributed by atoms with Crippen molar-refractivity contribution in [2.75, 3.05) is 19.0 Å². The first-order valence-corrected chi connectivity index (χ1v) is 8.37. The molecule has 0 saturated heterocycles. The summed E-state index contributed by atoms with van der Waals surface area (Å²) < 4.78 is 9.91. The maximum absolute atomic E-state index is 12.0. The Balaban J connectivity index is 1.98. The van der Waals surface area contributed by atoms with Gasteiger partial charge in [-0.2, -0.15) is 5.26 Å². The third kappa shape index (κ3) is 5.74. The van der Waals surface area contributed by atoms with Gasteiger partial charge in [-0.15, -0.1) is 0 Å². The molecule has 6 nitrogen and oxygen atoms in total. The van der Waals surface area contributed by atoms with Crippen LogP contribution in [0.25, 0.3) is 6.08 Å². The first kappa shape index (κ1) is 20.3. The highest BCUT2D eigenvalue weighted by Crippen LogP contribution is 2.29. The minimum Gasteiger partial charge on any atom is -0.497 e. The van der Waals surface area contributed by atoms with Crippen molar-refractivity contribution in [2.24, 2.45) is 0 Å². The van der Waals surface area contributed by atoms with E-state index in [2.05, 4.69) is 5.32 Å². The molecule has 8 heteroatoms. The molecule has 0 saturated carbocycles. The predicted molar refractivity (Wildman–Crippen MR) is 103 cm³/mol. The SMILES string of the molecule is COc1ccc(/C=C(\C#N)C(=O)OCC(=O)Nc2cccc(Cl)c2Cl)cc1. The topological polar surface area (TPSA) is 88.4 Å². The number of nitrogens with zero attached hydrogens (tertiary/aromatic N) is 1. The number of carbonyl (C=O) groups is 2. The summed E-state index contributed by atoms with van der Waals surface area (Å²) in [6.45, 7) is -0.580. The first-order chi connectivity index (χ1) is 12.9. The van der Waals surface area contributed by atoms with Gasteiger partial charge in [0.25, 0.3) is 5.91 Å². The smallest absolute Gasteiger partial charge is 0.349 e. The summed E-state index contributed by atoms with van der Waals surface area (Å²) in [5.41, 5.74) is 0.660. The van der Waals surface area contributed by atoms with E-state index in [4.69, 9.17) is 37.9 Å². The molecule has 0 aliphatic heterocycles. The summed E-state index contributed by atoms with van der Waals surface area (Å²) in [4.78, 5) is 23.9. The second-order valence-corrected chi connectivity index (χ2v) is 5.95. The average molecular weight is 405 g/mol. The summed E-state index contributed by atoms with van der Waals surface area (Å²) in [6, 6.07) is 13.2. The quantitative estimate of drug-likeness (QED) is 0.444. The highest BCUT2D eigenvalue weighted by Gasteiger charge is 2.14. The Kier molecular flexibility index (Phi) is 7.24. The number of methoxy groups -OCH3 is 1. The molecule has 0 fully saturated rings. The molecule has 2 aromatic rings. The third-order valence-corrected chi connectivity index (χ3v) is 4.15. The van der Waals surface area contributed by atoms with Crippen LogP contribution < -0.4 is 10.1 Å². The lowest BCUT2D eigenvalue weighted by molar-refractivity contribution is -0.142. The van der Waals surface area contributed by atoms with Gasteiger partial charge in [0.1, 0.15) is 17.4 Å². The molecule has 0 heterocycles. The highest BCUT2D eigenvalue weighted by molar-refractivity contribution is 6.44. The number of esters is 1. The zero-order chi connectivity index (χ0) is 19.8. The van der Waals surface area contributed by atoms with Crippen LogP contribution in [0.4, 0.5) is 5.69 Å². The average Bonchev–Trinajstić information content (AvgIpc) is 2.68. The predicted octanol–water partition coefficient (Wildman–Crippen LogP) is 4.09. The summed E-state index contributed by atoms with van der Waals surface area (Å²) in [5.74, 6) is -0.889. The van der Waals surface area contributed by atoms with Gasteiger partial charge in [0.15, 0.2) is 6.61 Å². The molecule has 2 rings (SSSR count). The number of rotatable bonds is 6. The van der Waals surface area contributed by atoms with Crippen LogP contribution in [0.5, 0.6) is 5.75 Å². The monoisotopic (exact) mass is 404 g/mol. The number of halogens is 2. The fraction of sp³-hybridized carbons (Fsp3) is 0.105. The number of carbonyl (C=O) groups excluding carboxylic acids is 2. The maximum atomic E-state index is 12.0. The number of amides is 1. The van der Waals surface area contributed by atoms with Gasteiger partial charge in [0.2, 0.25) is 0 Å². The number of nitrogens with one attached hydrogen (secondary N) is 1. The molecule has 1 amide bonds. The molecule has 0 aliphatic carbocycles. The Morgan fingerprint density at radius 3 is 2.52 bits per heavy atom. The van der Waals surface area contributed by atoms with Gasteiger partial charge in [-0.25, -0.2) is 4.79 Å². The van der Waals surface area contributed by atoms with Crippen LogP contribution in [0.1, 0.15) is 5.56 Å². The fourth-order valence-corrected chi connectivity index (χ4v) is 2.35.